The number of carbonyl (C=O) groups excluding carboxylic acids is 1. The van der Waals surface area contributed by atoms with Crippen molar-refractivity contribution in [3.8, 4) is 0 Å². The number of sulfone groups is 1. The molecule has 3 aromatic rings. The second kappa shape index (κ2) is 9.46. The summed E-state index contributed by atoms with van der Waals surface area (Å²) < 4.78 is 59.2. The molecule has 0 spiro atoms. The number of benzene rings is 2. The Balaban J connectivity index is 1.39. The van der Waals surface area contributed by atoms with Gasteiger partial charge in [-0.05, 0) is 67.9 Å². The predicted molar refractivity (Wildman–Crippen MR) is 129 cm³/mol. The fourth-order valence-electron chi connectivity index (χ4n) is 5.63. The van der Waals surface area contributed by atoms with E-state index in [4.69, 9.17) is 16.0 Å². The Morgan fingerprint density at radius 3 is 2.46 bits per heavy atom. The van der Waals surface area contributed by atoms with Crippen LogP contribution in [0.4, 0.5) is 14.5 Å². The molecule has 2 bridgehead atoms. The molecule has 1 amide bonds. The maximum atomic E-state index is 13.7. The number of anilines is 1. The smallest absolute Gasteiger partial charge is 0.255 e. The number of aromatic nitrogens is 1. The molecule has 2 fully saturated rings. The van der Waals surface area contributed by atoms with Gasteiger partial charge in [0.15, 0.2) is 27.6 Å². The summed E-state index contributed by atoms with van der Waals surface area (Å²) in [6.07, 6.45) is 2.46. The third-order valence-electron chi connectivity index (χ3n) is 7.51. The maximum Gasteiger partial charge on any atom is 0.255 e. The summed E-state index contributed by atoms with van der Waals surface area (Å²) in [5.74, 6) is -4.01. The molecule has 5 atom stereocenters. The maximum absolute atomic E-state index is 13.7. The molecule has 0 saturated heterocycles. The monoisotopic (exact) mass is 552 g/mol. The molecule has 37 heavy (non-hydrogen) atoms. The molecule has 2 aromatic carbocycles. The lowest BCUT2D eigenvalue weighted by atomic mass is 9.71. The van der Waals surface area contributed by atoms with E-state index in [9.17, 15) is 32.2 Å². The number of oxazole rings is 1. The minimum Gasteiger partial charge on any atom is -0.446 e. The fourth-order valence-corrected chi connectivity index (χ4v) is 8.03. The van der Waals surface area contributed by atoms with E-state index in [-0.39, 0.29) is 39.9 Å². The van der Waals surface area contributed by atoms with E-state index in [1.165, 1.54) is 30.7 Å². The lowest BCUT2D eigenvalue weighted by molar-refractivity contribution is -0.152. The molecule has 12 heteroatoms. The Morgan fingerprint density at radius 2 is 1.84 bits per heavy atom. The fraction of sp³-hybridized carbons (Fsp3) is 0.360. The van der Waals surface area contributed by atoms with Crippen LogP contribution >= 0.6 is 11.6 Å². The highest BCUT2D eigenvalue weighted by Crippen LogP contribution is 2.56. The molecular weight excluding hydrogens is 530 g/mol. The van der Waals surface area contributed by atoms with Crippen molar-refractivity contribution in [1.82, 2.24) is 4.98 Å². The van der Waals surface area contributed by atoms with Crippen molar-refractivity contribution < 1.29 is 36.6 Å². The lowest BCUT2D eigenvalue weighted by Crippen LogP contribution is -2.52. The quantitative estimate of drug-likeness (QED) is 0.416. The normalized spacial score (nSPS) is 26.1. The number of nitrogens with one attached hydrogen (secondary N) is 1. The van der Waals surface area contributed by atoms with Crippen molar-refractivity contribution in [1.29, 1.82) is 0 Å². The summed E-state index contributed by atoms with van der Waals surface area (Å²) >= 11 is 6.25. The topological polar surface area (TPSA) is 130 Å². The van der Waals surface area contributed by atoms with Crippen LogP contribution in [0.15, 0.2) is 58.2 Å². The predicted octanol–water partition coefficient (Wildman–Crippen LogP) is 4.29. The highest BCUT2D eigenvalue weighted by molar-refractivity contribution is 7.92. The molecule has 5 rings (SSSR count). The van der Waals surface area contributed by atoms with Gasteiger partial charge in [0.05, 0.1) is 21.4 Å². The van der Waals surface area contributed by atoms with Crippen LogP contribution < -0.4 is 5.32 Å². The average molecular weight is 553 g/mol. The molecule has 1 unspecified atom stereocenters. The van der Waals surface area contributed by atoms with Gasteiger partial charge in [-0.15, -0.1) is 0 Å². The number of halogens is 3. The molecule has 0 radical (unpaired) electrons. The van der Waals surface area contributed by atoms with Gasteiger partial charge in [-0.3, -0.25) is 4.79 Å². The summed E-state index contributed by atoms with van der Waals surface area (Å²) in [5, 5.41) is 23.7. The number of hydrogen-bond donors (Lipinski definition) is 3. The number of rotatable bonds is 6. The molecule has 2 saturated carbocycles. The van der Waals surface area contributed by atoms with Gasteiger partial charge in [0.25, 0.3) is 5.91 Å². The molecule has 3 N–H and O–H groups in total. The van der Waals surface area contributed by atoms with Crippen LogP contribution in [0.25, 0.3) is 0 Å². The summed E-state index contributed by atoms with van der Waals surface area (Å²) in [6.45, 7) is 0. The van der Waals surface area contributed by atoms with E-state index in [1.54, 1.807) is 0 Å². The van der Waals surface area contributed by atoms with Crippen LogP contribution in [0.3, 0.4) is 0 Å². The first-order valence-electron chi connectivity index (χ1n) is 11.6. The second-order valence-electron chi connectivity index (χ2n) is 9.50. The third kappa shape index (κ3) is 4.43. The standard InChI is InChI=1S/C25H23ClF2N2O6S/c26-18-5-1-13(23(32)30-16-4-6-19(27)20(28)12-16)9-21(18)37(34,35)17-10-14-2-3-15(11-17)25(14,33)22(31)24-29-7-8-36-24/h1,4-9,12,14-15,17,22,31,33H,2-3,10-11H2,(H,30,32)/t14-,15+,17-,22?,25-. The van der Waals surface area contributed by atoms with Crippen LogP contribution in [0.5, 0.6) is 0 Å². The van der Waals surface area contributed by atoms with E-state index < -0.39 is 56.2 Å². The second-order valence-corrected chi connectivity index (χ2v) is 12.1. The Hall–Kier alpha value is -2.86. The van der Waals surface area contributed by atoms with Crippen molar-refractivity contribution in [2.75, 3.05) is 5.32 Å². The molecule has 2 aliphatic rings. The van der Waals surface area contributed by atoms with Gasteiger partial charge in [-0.2, -0.15) is 0 Å². The molecular formula is C25H23ClF2N2O6S. The van der Waals surface area contributed by atoms with Gasteiger partial charge in [0, 0.05) is 17.3 Å². The van der Waals surface area contributed by atoms with E-state index in [2.05, 4.69) is 10.3 Å². The third-order valence-corrected chi connectivity index (χ3v) is 10.2. The number of carbonyl (C=O) groups is 1. The number of fused-ring (bicyclic) bond motifs is 2. The summed E-state index contributed by atoms with van der Waals surface area (Å²) in [7, 11) is -4.04. The Kier molecular flexibility index (Phi) is 6.59. The molecule has 0 aliphatic heterocycles. The van der Waals surface area contributed by atoms with E-state index >= 15 is 0 Å². The van der Waals surface area contributed by atoms with Crippen molar-refractivity contribution in [2.24, 2.45) is 11.8 Å². The summed E-state index contributed by atoms with van der Waals surface area (Å²) in [5.41, 5.74) is -1.62. The Labute approximate surface area is 216 Å². The van der Waals surface area contributed by atoms with E-state index in [0.29, 0.717) is 12.8 Å². The van der Waals surface area contributed by atoms with Crippen molar-refractivity contribution in [3.63, 3.8) is 0 Å². The van der Waals surface area contributed by atoms with Crippen LogP contribution in [0.1, 0.15) is 48.0 Å². The van der Waals surface area contributed by atoms with Gasteiger partial charge in [0.1, 0.15) is 11.9 Å². The van der Waals surface area contributed by atoms with Crippen LogP contribution in [-0.4, -0.2) is 40.4 Å². The van der Waals surface area contributed by atoms with Crippen LogP contribution in [0.2, 0.25) is 5.02 Å². The summed E-state index contributed by atoms with van der Waals surface area (Å²) in [6, 6.07) is 6.61. The van der Waals surface area contributed by atoms with Gasteiger partial charge in [-0.1, -0.05) is 11.6 Å². The van der Waals surface area contributed by atoms with Crippen LogP contribution in [-0.2, 0) is 9.84 Å². The molecule has 196 valence electrons. The van der Waals surface area contributed by atoms with E-state index in [1.807, 2.05) is 0 Å². The first-order valence-corrected chi connectivity index (χ1v) is 13.5. The molecule has 1 aromatic heterocycles. The number of amides is 1. The molecule has 8 nitrogen and oxygen atoms in total. The first kappa shape index (κ1) is 25.8. The first-order chi connectivity index (χ1) is 17.5. The Morgan fingerprint density at radius 1 is 1.14 bits per heavy atom. The summed E-state index contributed by atoms with van der Waals surface area (Å²) in [4.78, 5) is 16.4. The highest BCUT2D eigenvalue weighted by Gasteiger charge is 2.60. The largest absolute Gasteiger partial charge is 0.446 e. The zero-order chi connectivity index (χ0) is 26.5. The van der Waals surface area contributed by atoms with Gasteiger partial charge in [0.2, 0.25) is 5.89 Å². The average Bonchev–Trinajstić information content (AvgIpc) is 3.43. The van der Waals surface area contributed by atoms with Gasteiger partial charge in [-0.25, -0.2) is 22.2 Å². The minimum atomic E-state index is -4.04. The van der Waals surface area contributed by atoms with Crippen molar-refractivity contribution in [2.45, 2.75) is 47.5 Å². The van der Waals surface area contributed by atoms with E-state index in [0.717, 1.165) is 18.2 Å². The molecule has 1 heterocycles. The van der Waals surface area contributed by atoms with Gasteiger partial charge < -0.3 is 19.9 Å². The van der Waals surface area contributed by atoms with Crippen molar-refractivity contribution >= 4 is 33.0 Å². The highest BCUT2D eigenvalue weighted by atomic mass is 35.5. The SMILES string of the molecule is O=C(Nc1ccc(F)c(F)c1)c1ccc(Cl)c(S(=O)(=O)[C@@H]2C[C@H]3CC[C@@H](C2)[C@@]3(O)C(O)c2ncco2)c1. The number of nitrogens with zero attached hydrogens (tertiary/aromatic N) is 1. The minimum absolute atomic E-state index is 0.00370. The van der Waals surface area contributed by atoms with Crippen LogP contribution in [0, 0.1) is 23.5 Å². The zero-order valence-corrected chi connectivity index (χ0v) is 20.8. The lowest BCUT2D eigenvalue weighted by Gasteiger charge is -2.44. The van der Waals surface area contributed by atoms with Gasteiger partial charge >= 0.3 is 0 Å². The Bertz CT molecular complexity index is 1440. The zero-order valence-electron chi connectivity index (χ0n) is 19.3. The molecule has 2 aliphatic carbocycles. The number of aliphatic hydroxyl groups excluding tert-OH is 1. The van der Waals surface area contributed by atoms with Crippen molar-refractivity contribution in [3.05, 3.63) is 77.0 Å². The number of hydrogen-bond acceptors (Lipinski definition) is 7. The number of aliphatic hydroxyl groups is 2.